The molecular formula is C22H15N5O6. The molecule has 5 rings (SSSR count). The van der Waals surface area contributed by atoms with E-state index in [1.807, 2.05) is 30.3 Å². The van der Waals surface area contributed by atoms with Gasteiger partial charge in [-0.05, 0) is 24.3 Å². The van der Waals surface area contributed by atoms with Crippen molar-refractivity contribution in [3.05, 3.63) is 93.9 Å². The van der Waals surface area contributed by atoms with Crippen LogP contribution >= 0.6 is 0 Å². The molecule has 2 aromatic carbocycles. The summed E-state index contributed by atoms with van der Waals surface area (Å²) in [5, 5.41) is 18.3. The zero-order valence-corrected chi connectivity index (χ0v) is 16.9. The van der Waals surface area contributed by atoms with Gasteiger partial charge in [0.1, 0.15) is 12.4 Å². The van der Waals surface area contributed by atoms with Crippen molar-refractivity contribution in [2.24, 2.45) is 0 Å². The molecule has 11 heteroatoms. The second-order valence-corrected chi connectivity index (χ2v) is 7.09. The Bertz CT molecular complexity index is 1530. The summed E-state index contributed by atoms with van der Waals surface area (Å²) in [5.74, 6) is -0.913. The fraction of sp³-hybridized carbons (Fsp3) is 0.0455. The second kappa shape index (κ2) is 7.96. The summed E-state index contributed by atoms with van der Waals surface area (Å²) in [6.07, 6.45) is 3.06. The number of nitro groups is 1. The smallest absolute Gasteiger partial charge is 0.420 e. The zero-order valence-electron chi connectivity index (χ0n) is 16.9. The minimum atomic E-state index is -0.795. The first-order valence-electron chi connectivity index (χ1n) is 9.75. The van der Waals surface area contributed by atoms with Crippen molar-refractivity contribution in [3.63, 3.8) is 0 Å². The predicted octanol–water partition coefficient (Wildman–Crippen LogP) is 3.59. The third kappa shape index (κ3) is 3.78. The van der Waals surface area contributed by atoms with Crippen molar-refractivity contribution < 1.29 is 18.6 Å². The number of furan rings is 1. The maximum atomic E-state index is 12.8. The standard InChI is InChI=1S/C22H15N5O6/c28-21(12-25-18-7-6-16(27(30)31)10-19(18)33-22(25)29)23-20-11-17(14-8-9-32-13-14)24-26(20)15-4-2-1-3-5-15/h1-11,13H,12H2,(H,23,28). The molecule has 3 heterocycles. The number of rotatable bonds is 6. The first kappa shape index (κ1) is 20.0. The van der Waals surface area contributed by atoms with Crippen molar-refractivity contribution in [2.75, 3.05) is 5.32 Å². The van der Waals surface area contributed by atoms with Gasteiger partial charge < -0.3 is 14.2 Å². The van der Waals surface area contributed by atoms with E-state index < -0.39 is 16.6 Å². The van der Waals surface area contributed by atoms with E-state index in [-0.39, 0.29) is 23.3 Å². The number of carbonyl (C=O) groups is 1. The highest BCUT2D eigenvalue weighted by Crippen LogP contribution is 2.25. The molecule has 0 saturated heterocycles. The highest BCUT2D eigenvalue weighted by Gasteiger charge is 2.18. The van der Waals surface area contributed by atoms with Crippen LogP contribution in [0, 0.1) is 10.1 Å². The molecular weight excluding hydrogens is 430 g/mol. The summed E-state index contributed by atoms with van der Waals surface area (Å²) in [6, 6.07) is 16.4. The lowest BCUT2D eigenvalue weighted by Gasteiger charge is -2.09. The molecule has 33 heavy (non-hydrogen) atoms. The normalized spacial score (nSPS) is 11.0. The Morgan fingerprint density at radius 1 is 1.12 bits per heavy atom. The van der Waals surface area contributed by atoms with Crippen LogP contribution in [0.15, 0.2) is 86.8 Å². The summed E-state index contributed by atoms with van der Waals surface area (Å²) in [7, 11) is 0. The lowest BCUT2D eigenvalue weighted by atomic mass is 10.2. The topological polar surface area (TPSA) is 138 Å². The van der Waals surface area contributed by atoms with Crippen LogP contribution in [0.4, 0.5) is 11.5 Å². The maximum Gasteiger partial charge on any atom is 0.420 e. The number of non-ortho nitro benzene ring substituents is 1. The number of nitrogens with zero attached hydrogens (tertiary/aromatic N) is 4. The van der Waals surface area contributed by atoms with E-state index in [0.29, 0.717) is 11.5 Å². The predicted molar refractivity (Wildman–Crippen MR) is 117 cm³/mol. The Hall–Kier alpha value is -4.93. The molecule has 3 aromatic heterocycles. The van der Waals surface area contributed by atoms with Crippen LogP contribution < -0.4 is 11.1 Å². The third-order valence-corrected chi connectivity index (χ3v) is 4.96. The van der Waals surface area contributed by atoms with Crippen molar-refractivity contribution in [1.82, 2.24) is 14.3 Å². The highest BCUT2D eigenvalue weighted by atomic mass is 16.6. The molecule has 0 saturated carbocycles. The van der Waals surface area contributed by atoms with Gasteiger partial charge in [0.05, 0.1) is 40.4 Å². The molecule has 0 aliphatic rings. The largest absolute Gasteiger partial charge is 0.472 e. The van der Waals surface area contributed by atoms with E-state index in [9.17, 15) is 19.7 Å². The lowest BCUT2D eigenvalue weighted by Crippen LogP contribution is -2.25. The summed E-state index contributed by atoms with van der Waals surface area (Å²) in [5.41, 5.74) is 2.13. The Kier molecular flexibility index (Phi) is 4.83. The van der Waals surface area contributed by atoms with E-state index in [1.165, 1.54) is 18.4 Å². The van der Waals surface area contributed by atoms with Gasteiger partial charge in [0.2, 0.25) is 5.91 Å². The van der Waals surface area contributed by atoms with Crippen molar-refractivity contribution >= 4 is 28.5 Å². The minimum absolute atomic E-state index is 0.0265. The lowest BCUT2D eigenvalue weighted by molar-refractivity contribution is -0.384. The summed E-state index contributed by atoms with van der Waals surface area (Å²) in [4.78, 5) is 35.5. The molecule has 0 aliphatic carbocycles. The molecule has 164 valence electrons. The maximum absolute atomic E-state index is 12.8. The number of anilines is 1. The fourth-order valence-electron chi connectivity index (χ4n) is 3.43. The summed E-state index contributed by atoms with van der Waals surface area (Å²) < 4.78 is 12.9. The molecule has 1 amide bonds. The van der Waals surface area contributed by atoms with Gasteiger partial charge in [-0.15, -0.1) is 0 Å². The van der Waals surface area contributed by atoms with Crippen molar-refractivity contribution in [3.8, 4) is 16.9 Å². The van der Waals surface area contributed by atoms with E-state index in [4.69, 9.17) is 8.83 Å². The average molecular weight is 445 g/mol. The van der Waals surface area contributed by atoms with Gasteiger partial charge in [-0.25, -0.2) is 9.48 Å². The molecule has 1 N–H and O–H groups in total. The monoisotopic (exact) mass is 445 g/mol. The number of fused-ring (bicyclic) bond motifs is 1. The molecule has 5 aromatic rings. The van der Waals surface area contributed by atoms with E-state index in [2.05, 4.69) is 10.4 Å². The summed E-state index contributed by atoms with van der Waals surface area (Å²) >= 11 is 0. The van der Waals surface area contributed by atoms with Gasteiger partial charge in [-0.1, -0.05) is 18.2 Å². The first-order valence-corrected chi connectivity index (χ1v) is 9.75. The molecule has 0 atom stereocenters. The van der Waals surface area contributed by atoms with Crippen LogP contribution in [0.25, 0.3) is 28.0 Å². The number of hydrogen-bond donors (Lipinski definition) is 1. The quantitative estimate of drug-likeness (QED) is 0.311. The Morgan fingerprint density at radius 3 is 2.67 bits per heavy atom. The SMILES string of the molecule is O=C(Cn1c(=O)oc2cc([N+](=O)[O-])ccc21)Nc1cc(-c2ccoc2)nn1-c1ccccc1. The molecule has 0 unspecified atom stereocenters. The Labute approximate surface area is 184 Å². The van der Waals surface area contributed by atoms with Crippen molar-refractivity contribution in [1.29, 1.82) is 0 Å². The number of carbonyl (C=O) groups excluding carboxylic acids is 1. The molecule has 0 aliphatic heterocycles. The van der Waals surface area contributed by atoms with E-state index >= 15 is 0 Å². The zero-order chi connectivity index (χ0) is 22.9. The number of para-hydroxylation sites is 1. The number of nitro benzene ring substituents is 1. The van der Waals surface area contributed by atoms with Crippen LogP contribution in [0.1, 0.15) is 0 Å². The van der Waals surface area contributed by atoms with Crippen LogP contribution in [0.5, 0.6) is 0 Å². The Morgan fingerprint density at radius 2 is 1.94 bits per heavy atom. The van der Waals surface area contributed by atoms with Crippen LogP contribution in [-0.4, -0.2) is 25.2 Å². The average Bonchev–Trinajstić information content (AvgIpc) is 3.54. The second-order valence-electron chi connectivity index (χ2n) is 7.09. The molecule has 0 radical (unpaired) electrons. The van der Waals surface area contributed by atoms with Gasteiger partial charge in [0, 0.05) is 17.7 Å². The fourth-order valence-corrected chi connectivity index (χ4v) is 3.43. The van der Waals surface area contributed by atoms with Gasteiger partial charge in [0.15, 0.2) is 5.58 Å². The molecule has 0 fully saturated rings. The van der Waals surface area contributed by atoms with E-state index in [1.54, 1.807) is 23.1 Å². The molecule has 0 spiro atoms. The molecule has 0 bridgehead atoms. The highest BCUT2D eigenvalue weighted by molar-refractivity contribution is 5.91. The minimum Gasteiger partial charge on any atom is -0.472 e. The number of amides is 1. The van der Waals surface area contributed by atoms with Gasteiger partial charge in [-0.3, -0.25) is 19.5 Å². The third-order valence-electron chi connectivity index (χ3n) is 4.96. The van der Waals surface area contributed by atoms with Crippen LogP contribution in [0.3, 0.4) is 0 Å². The Balaban J connectivity index is 1.46. The van der Waals surface area contributed by atoms with Gasteiger partial charge in [0.25, 0.3) is 5.69 Å². The summed E-state index contributed by atoms with van der Waals surface area (Å²) in [6.45, 7) is -0.356. The number of aromatic nitrogens is 3. The first-order chi connectivity index (χ1) is 16.0. The number of oxazole rings is 1. The number of hydrogen-bond acceptors (Lipinski definition) is 7. The van der Waals surface area contributed by atoms with Gasteiger partial charge >= 0.3 is 5.76 Å². The number of nitrogens with one attached hydrogen (secondary N) is 1. The van der Waals surface area contributed by atoms with E-state index in [0.717, 1.165) is 21.9 Å². The van der Waals surface area contributed by atoms with Gasteiger partial charge in [-0.2, -0.15) is 5.10 Å². The molecule has 11 nitrogen and oxygen atoms in total. The number of benzene rings is 2. The van der Waals surface area contributed by atoms with Crippen LogP contribution in [0.2, 0.25) is 0 Å². The van der Waals surface area contributed by atoms with Crippen LogP contribution in [-0.2, 0) is 11.3 Å². The van der Waals surface area contributed by atoms with Crippen molar-refractivity contribution in [2.45, 2.75) is 6.54 Å².